The predicted molar refractivity (Wildman–Crippen MR) is 65.6 cm³/mol. The highest BCUT2D eigenvalue weighted by atomic mass is 32.1. The van der Waals surface area contributed by atoms with Gasteiger partial charge >= 0.3 is 5.97 Å². The third kappa shape index (κ3) is 2.89. The summed E-state index contributed by atoms with van der Waals surface area (Å²) >= 11 is 1.06. The van der Waals surface area contributed by atoms with Crippen molar-refractivity contribution in [2.45, 2.75) is 6.42 Å². The molecule has 2 aromatic rings. The third-order valence-corrected chi connectivity index (χ3v) is 2.80. The number of rotatable bonds is 4. The summed E-state index contributed by atoms with van der Waals surface area (Å²) in [4.78, 5) is 22.7. The highest BCUT2D eigenvalue weighted by molar-refractivity contribution is 7.10. The number of hydrogen-bond donors (Lipinski definition) is 2. The number of aromatic carboxylic acids is 1. The maximum Gasteiger partial charge on any atom is 0.335 e. The summed E-state index contributed by atoms with van der Waals surface area (Å²) in [6, 6.07) is 6.41. The number of nitrogens with zero attached hydrogens (tertiary/aromatic N) is 2. The van der Waals surface area contributed by atoms with E-state index in [9.17, 15) is 9.59 Å². The summed E-state index contributed by atoms with van der Waals surface area (Å²) < 4.78 is 3.61. The van der Waals surface area contributed by atoms with Crippen LogP contribution in [-0.2, 0) is 11.2 Å². The lowest BCUT2D eigenvalue weighted by atomic mass is 10.0. The van der Waals surface area contributed by atoms with Gasteiger partial charge in [0.05, 0.1) is 18.2 Å². The van der Waals surface area contributed by atoms with E-state index in [-0.39, 0.29) is 17.9 Å². The largest absolute Gasteiger partial charge is 0.478 e. The Morgan fingerprint density at radius 2 is 2.11 bits per heavy atom. The highest BCUT2D eigenvalue weighted by Crippen LogP contribution is 2.13. The van der Waals surface area contributed by atoms with Crippen LogP contribution in [0.4, 0.5) is 5.00 Å². The highest BCUT2D eigenvalue weighted by Gasteiger charge is 2.12. The molecular formula is C11H9N3O3S. The van der Waals surface area contributed by atoms with E-state index in [0.717, 1.165) is 11.5 Å². The molecule has 7 heteroatoms. The molecule has 0 unspecified atom stereocenters. The lowest BCUT2D eigenvalue weighted by Crippen LogP contribution is -2.15. The van der Waals surface area contributed by atoms with Crippen LogP contribution in [0.3, 0.4) is 0 Å². The monoisotopic (exact) mass is 263 g/mol. The van der Waals surface area contributed by atoms with Crippen LogP contribution < -0.4 is 5.32 Å². The summed E-state index contributed by atoms with van der Waals surface area (Å²) in [5.41, 5.74) is 0.607. The molecule has 0 bridgehead atoms. The van der Waals surface area contributed by atoms with Crippen LogP contribution in [0.1, 0.15) is 15.9 Å². The molecule has 92 valence electrons. The summed E-state index contributed by atoms with van der Waals surface area (Å²) in [6.07, 6.45) is 1.44. The SMILES string of the molecule is O=C(Cc1ccccc1C(=O)O)Nc1cnns1. The Hall–Kier alpha value is -2.28. The van der Waals surface area contributed by atoms with Crippen molar-refractivity contribution in [1.29, 1.82) is 0 Å². The van der Waals surface area contributed by atoms with Gasteiger partial charge in [-0.15, -0.1) is 5.10 Å². The number of carboxylic acid groups (broad SMARTS) is 1. The van der Waals surface area contributed by atoms with Gasteiger partial charge in [-0.1, -0.05) is 22.7 Å². The Labute approximate surface area is 106 Å². The second kappa shape index (κ2) is 5.37. The third-order valence-electron chi connectivity index (χ3n) is 2.22. The molecule has 18 heavy (non-hydrogen) atoms. The molecule has 1 aromatic heterocycles. The van der Waals surface area contributed by atoms with Crippen molar-refractivity contribution >= 4 is 28.4 Å². The molecule has 2 N–H and O–H groups in total. The molecule has 0 aliphatic heterocycles. The maximum absolute atomic E-state index is 11.7. The van der Waals surface area contributed by atoms with Crippen LogP contribution in [0.25, 0.3) is 0 Å². The number of carboxylic acids is 1. The Bertz CT molecular complexity index is 569. The maximum atomic E-state index is 11.7. The average Bonchev–Trinajstić information content (AvgIpc) is 2.82. The van der Waals surface area contributed by atoms with Gasteiger partial charge in [0.1, 0.15) is 5.00 Å². The first kappa shape index (κ1) is 12.2. The number of aromatic nitrogens is 2. The van der Waals surface area contributed by atoms with Crippen molar-refractivity contribution in [3.05, 3.63) is 41.6 Å². The summed E-state index contributed by atoms with van der Waals surface area (Å²) in [7, 11) is 0. The van der Waals surface area contributed by atoms with E-state index in [1.165, 1.54) is 12.3 Å². The lowest BCUT2D eigenvalue weighted by molar-refractivity contribution is -0.115. The number of carbonyl (C=O) groups is 2. The van der Waals surface area contributed by atoms with E-state index in [2.05, 4.69) is 14.9 Å². The minimum atomic E-state index is -1.04. The van der Waals surface area contributed by atoms with Crippen molar-refractivity contribution in [2.75, 3.05) is 5.32 Å². The fraction of sp³-hybridized carbons (Fsp3) is 0.0909. The number of carbonyl (C=O) groups excluding carboxylic acids is 1. The first-order chi connectivity index (χ1) is 8.66. The first-order valence-corrected chi connectivity index (χ1v) is 5.82. The Morgan fingerprint density at radius 3 is 2.78 bits per heavy atom. The molecule has 0 fully saturated rings. The quantitative estimate of drug-likeness (QED) is 0.870. The van der Waals surface area contributed by atoms with E-state index in [0.29, 0.717) is 10.6 Å². The van der Waals surface area contributed by atoms with Gasteiger partial charge in [0, 0.05) is 11.5 Å². The second-order valence-electron chi connectivity index (χ2n) is 3.47. The van der Waals surface area contributed by atoms with Gasteiger partial charge < -0.3 is 10.4 Å². The van der Waals surface area contributed by atoms with Crippen molar-refractivity contribution in [2.24, 2.45) is 0 Å². The first-order valence-electron chi connectivity index (χ1n) is 5.05. The van der Waals surface area contributed by atoms with Crippen LogP contribution in [0.15, 0.2) is 30.5 Å². The normalized spacial score (nSPS) is 10.0. The van der Waals surface area contributed by atoms with Crippen molar-refractivity contribution in [3.63, 3.8) is 0 Å². The standard InChI is InChI=1S/C11H9N3O3S/c15-9(13-10-6-12-14-18-10)5-7-3-1-2-4-8(7)11(16)17/h1-4,6H,5H2,(H,13,15)(H,16,17). The number of nitrogens with one attached hydrogen (secondary N) is 1. The Balaban J connectivity index is 2.09. The molecule has 0 saturated carbocycles. The topological polar surface area (TPSA) is 92.2 Å². The van der Waals surface area contributed by atoms with Crippen LogP contribution in [0.2, 0.25) is 0 Å². The molecule has 0 saturated heterocycles. The van der Waals surface area contributed by atoms with Crippen molar-refractivity contribution in [1.82, 2.24) is 9.59 Å². The van der Waals surface area contributed by atoms with Gasteiger partial charge in [-0.05, 0) is 11.6 Å². The van der Waals surface area contributed by atoms with E-state index >= 15 is 0 Å². The van der Waals surface area contributed by atoms with Gasteiger partial charge in [0.15, 0.2) is 0 Å². The Morgan fingerprint density at radius 1 is 1.33 bits per heavy atom. The minimum absolute atomic E-state index is 0.000370. The van der Waals surface area contributed by atoms with E-state index in [1.807, 2.05) is 0 Å². The van der Waals surface area contributed by atoms with Crippen molar-refractivity contribution in [3.8, 4) is 0 Å². The number of hydrogen-bond acceptors (Lipinski definition) is 5. The van der Waals surface area contributed by atoms with Gasteiger partial charge in [0.25, 0.3) is 0 Å². The molecule has 0 spiro atoms. The number of benzene rings is 1. The summed E-state index contributed by atoms with van der Waals surface area (Å²) in [5, 5.41) is 15.7. The van der Waals surface area contributed by atoms with Crippen molar-refractivity contribution < 1.29 is 14.7 Å². The van der Waals surface area contributed by atoms with E-state index in [1.54, 1.807) is 18.2 Å². The zero-order chi connectivity index (χ0) is 13.0. The zero-order valence-electron chi connectivity index (χ0n) is 9.16. The molecule has 0 atom stereocenters. The number of amides is 1. The summed E-state index contributed by atoms with van der Waals surface area (Å²) in [5.74, 6) is -1.34. The van der Waals surface area contributed by atoms with Crippen LogP contribution in [0.5, 0.6) is 0 Å². The minimum Gasteiger partial charge on any atom is -0.478 e. The zero-order valence-corrected chi connectivity index (χ0v) is 9.98. The molecule has 2 rings (SSSR count). The van der Waals surface area contributed by atoms with Crippen LogP contribution in [-0.4, -0.2) is 26.6 Å². The van der Waals surface area contributed by atoms with Gasteiger partial charge in [-0.3, -0.25) is 4.79 Å². The Kier molecular flexibility index (Phi) is 3.63. The molecule has 1 amide bonds. The molecule has 0 aliphatic rings. The molecular weight excluding hydrogens is 254 g/mol. The molecule has 0 radical (unpaired) electrons. The van der Waals surface area contributed by atoms with E-state index in [4.69, 9.17) is 5.11 Å². The molecule has 1 aromatic carbocycles. The molecule has 0 aliphatic carbocycles. The number of anilines is 1. The van der Waals surface area contributed by atoms with Gasteiger partial charge in [-0.2, -0.15) is 0 Å². The van der Waals surface area contributed by atoms with Gasteiger partial charge in [0.2, 0.25) is 5.91 Å². The molecule has 6 nitrogen and oxygen atoms in total. The predicted octanol–water partition coefficient (Wildman–Crippen LogP) is 1.42. The fourth-order valence-electron chi connectivity index (χ4n) is 1.46. The van der Waals surface area contributed by atoms with Crippen LogP contribution >= 0.6 is 11.5 Å². The average molecular weight is 263 g/mol. The summed E-state index contributed by atoms with van der Waals surface area (Å²) in [6.45, 7) is 0. The smallest absolute Gasteiger partial charge is 0.335 e. The molecule has 1 heterocycles. The van der Waals surface area contributed by atoms with Crippen LogP contribution in [0, 0.1) is 0 Å². The fourth-order valence-corrected chi connectivity index (χ4v) is 1.90. The van der Waals surface area contributed by atoms with Gasteiger partial charge in [-0.25, -0.2) is 4.79 Å². The second-order valence-corrected chi connectivity index (χ2v) is 4.25. The lowest BCUT2D eigenvalue weighted by Gasteiger charge is -2.05. The van der Waals surface area contributed by atoms with E-state index < -0.39 is 5.97 Å².